The molecule has 0 amide bonds. The maximum absolute atomic E-state index is 12.8. The Morgan fingerprint density at radius 3 is 2.45 bits per heavy atom. The van der Waals surface area contributed by atoms with Crippen molar-refractivity contribution in [3.05, 3.63) is 23.3 Å². The fourth-order valence-corrected chi connectivity index (χ4v) is 4.24. The standard InChI is InChI=1S/C14H23N3O2S/c1-11-9-12(2)14(10-13(11)15)20(18,19)17-6-4-5-16(3)7-8-17/h9-10H,4-8,15H2,1-3H3. The summed E-state index contributed by atoms with van der Waals surface area (Å²) in [7, 11) is -1.43. The molecule has 0 atom stereocenters. The van der Waals surface area contributed by atoms with Gasteiger partial charge in [-0.2, -0.15) is 4.31 Å². The lowest BCUT2D eigenvalue weighted by Gasteiger charge is -2.22. The molecule has 0 aliphatic carbocycles. The quantitative estimate of drug-likeness (QED) is 0.833. The normalized spacial score (nSPS) is 18.9. The van der Waals surface area contributed by atoms with Gasteiger partial charge in [0, 0.05) is 25.3 Å². The molecule has 1 aliphatic rings. The molecule has 1 fully saturated rings. The molecule has 0 aromatic heterocycles. The van der Waals surface area contributed by atoms with Crippen LogP contribution in [0.15, 0.2) is 17.0 Å². The average Bonchev–Trinajstić information content (AvgIpc) is 2.59. The van der Waals surface area contributed by atoms with Crippen LogP contribution in [0.3, 0.4) is 0 Å². The van der Waals surface area contributed by atoms with Gasteiger partial charge in [0.2, 0.25) is 10.0 Å². The molecule has 20 heavy (non-hydrogen) atoms. The summed E-state index contributed by atoms with van der Waals surface area (Å²) < 4.78 is 27.1. The number of rotatable bonds is 2. The van der Waals surface area contributed by atoms with E-state index in [0.717, 1.165) is 30.6 Å². The smallest absolute Gasteiger partial charge is 0.243 e. The van der Waals surface area contributed by atoms with Crippen LogP contribution < -0.4 is 5.73 Å². The Balaban J connectivity index is 2.37. The predicted molar refractivity (Wildman–Crippen MR) is 81.2 cm³/mol. The summed E-state index contributed by atoms with van der Waals surface area (Å²) in [6.07, 6.45) is 0.857. The van der Waals surface area contributed by atoms with E-state index in [9.17, 15) is 8.42 Å². The summed E-state index contributed by atoms with van der Waals surface area (Å²) in [5.74, 6) is 0. The molecule has 0 bridgehead atoms. The van der Waals surface area contributed by atoms with Crippen molar-refractivity contribution in [2.24, 2.45) is 0 Å². The molecule has 1 heterocycles. The van der Waals surface area contributed by atoms with Crippen molar-refractivity contribution in [2.45, 2.75) is 25.2 Å². The molecule has 5 nitrogen and oxygen atoms in total. The van der Waals surface area contributed by atoms with Crippen LogP contribution in [-0.2, 0) is 10.0 Å². The zero-order valence-electron chi connectivity index (χ0n) is 12.4. The van der Waals surface area contributed by atoms with Crippen LogP contribution in [0.25, 0.3) is 0 Å². The van der Waals surface area contributed by atoms with Gasteiger partial charge < -0.3 is 10.6 Å². The van der Waals surface area contributed by atoms with Gasteiger partial charge in [0.25, 0.3) is 0 Å². The second-order valence-electron chi connectivity index (χ2n) is 5.54. The van der Waals surface area contributed by atoms with Crippen LogP contribution in [0, 0.1) is 13.8 Å². The van der Waals surface area contributed by atoms with E-state index in [-0.39, 0.29) is 0 Å². The highest BCUT2D eigenvalue weighted by Crippen LogP contribution is 2.25. The third kappa shape index (κ3) is 2.97. The van der Waals surface area contributed by atoms with Crippen molar-refractivity contribution in [3.63, 3.8) is 0 Å². The Bertz CT molecular complexity index is 599. The number of nitrogens with zero attached hydrogens (tertiary/aromatic N) is 2. The van der Waals surface area contributed by atoms with E-state index in [0.29, 0.717) is 23.7 Å². The summed E-state index contributed by atoms with van der Waals surface area (Å²) in [5, 5.41) is 0. The highest BCUT2D eigenvalue weighted by molar-refractivity contribution is 7.89. The van der Waals surface area contributed by atoms with Gasteiger partial charge in [-0.3, -0.25) is 0 Å². The Morgan fingerprint density at radius 1 is 1.05 bits per heavy atom. The molecule has 1 aliphatic heterocycles. The number of nitrogen functional groups attached to an aromatic ring is 1. The average molecular weight is 297 g/mol. The van der Waals surface area contributed by atoms with E-state index < -0.39 is 10.0 Å². The summed E-state index contributed by atoms with van der Waals surface area (Å²) in [5.41, 5.74) is 8.08. The largest absolute Gasteiger partial charge is 0.398 e. The van der Waals surface area contributed by atoms with Gasteiger partial charge in [-0.25, -0.2) is 8.42 Å². The fraction of sp³-hybridized carbons (Fsp3) is 0.571. The van der Waals surface area contributed by atoms with Crippen LogP contribution in [0.2, 0.25) is 0 Å². The molecule has 0 saturated carbocycles. The summed E-state index contributed by atoms with van der Waals surface area (Å²) in [6.45, 7) is 6.51. The molecule has 0 unspecified atom stereocenters. The topological polar surface area (TPSA) is 66.6 Å². The Hall–Kier alpha value is -1.11. The number of nitrogens with two attached hydrogens (primary N) is 1. The molecule has 2 rings (SSSR count). The number of hydrogen-bond donors (Lipinski definition) is 1. The van der Waals surface area contributed by atoms with Crippen LogP contribution in [-0.4, -0.2) is 50.8 Å². The first kappa shape index (κ1) is 15.3. The second-order valence-corrected chi connectivity index (χ2v) is 7.44. The third-order valence-corrected chi connectivity index (χ3v) is 5.90. The third-order valence-electron chi connectivity index (χ3n) is 3.86. The van der Waals surface area contributed by atoms with E-state index in [4.69, 9.17) is 5.73 Å². The van der Waals surface area contributed by atoms with Gasteiger partial charge in [-0.05, 0) is 51.1 Å². The zero-order chi connectivity index (χ0) is 14.9. The van der Waals surface area contributed by atoms with E-state index in [1.54, 1.807) is 10.4 Å². The van der Waals surface area contributed by atoms with Gasteiger partial charge in [0.05, 0.1) is 4.90 Å². The van der Waals surface area contributed by atoms with Crippen molar-refractivity contribution in [1.82, 2.24) is 9.21 Å². The first-order valence-electron chi connectivity index (χ1n) is 6.88. The van der Waals surface area contributed by atoms with Crippen molar-refractivity contribution in [2.75, 3.05) is 39.0 Å². The van der Waals surface area contributed by atoms with Crippen molar-refractivity contribution in [3.8, 4) is 0 Å². The minimum atomic E-state index is -3.45. The molecule has 1 saturated heterocycles. The lowest BCUT2D eigenvalue weighted by molar-refractivity contribution is 0.347. The van der Waals surface area contributed by atoms with E-state index in [1.807, 2.05) is 27.0 Å². The number of hydrogen-bond acceptors (Lipinski definition) is 4. The van der Waals surface area contributed by atoms with Crippen molar-refractivity contribution < 1.29 is 8.42 Å². The summed E-state index contributed by atoms with van der Waals surface area (Å²) in [6, 6.07) is 3.43. The SMILES string of the molecule is Cc1cc(C)c(S(=O)(=O)N2CCCN(C)CC2)cc1N. The lowest BCUT2D eigenvalue weighted by Crippen LogP contribution is -2.35. The minimum Gasteiger partial charge on any atom is -0.398 e. The van der Waals surface area contributed by atoms with Crippen LogP contribution in [0.4, 0.5) is 5.69 Å². The molecule has 2 N–H and O–H groups in total. The monoisotopic (exact) mass is 297 g/mol. The molecule has 0 radical (unpaired) electrons. The summed E-state index contributed by atoms with van der Waals surface area (Å²) >= 11 is 0. The summed E-state index contributed by atoms with van der Waals surface area (Å²) in [4.78, 5) is 2.50. The molecule has 6 heteroatoms. The van der Waals surface area contributed by atoms with E-state index in [1.165, 1.54) is 0 Å². The van der Waals surface area contributed by atoms with Gasteiger partial charge >= 0.3 is 0 Å². The minimum absolute atomic E-state index is 0.338. The predicted octanol–water partition coefficient (Wildman–Crippen LogP) is 1.21. The van der Waals surface area contributed by atoms with Crippen LogP contribution in [0.5, 0.6) is 0 Å². The van der Waals surface area contributed by atoms with E-state index >= 15 is 0 Å². The number of likely N-dealkylation sites (N-methyl/N-ethyl adjacent to an activating group) is 1. The lowest BCUT2D eigenvalue weighted by atomic mass is 10.1. The zero-order valence-corrected chi connectivity index (χ0v) is 13.2. The van der Waals surface area contributed by atoms with Crippen molar-refractivity contribution in [1.29, 1.82) is 0 Å². The maximum Gasteiger partial charge on any atom is 0.243 e. The Kier molecular flexibility index (Phi) is 4.36. The Labute approximate surface area is 121 Å². The molecular weight excluding hydrogens is 274 g/mol. The van der Waals surface area contributed by atoms with Gasteiger partial charge in [0.15, 0.2) is 0 Å². The first-order valence-corrected chi connectivity index (χ1v) is 8.32. The number of anilines is 1. The fourth-order valence-electron chi connectivity index (χ4n) is 2.53. The van der Waals surface area contributed by atoms with Gasteiger partial charge in [-0.1, -0.05) is 6.07 Å². The molecule has 1 aromatic rings. The van der Waals surface area contributed by atoms with Gasteiger partial charge in [0.1, 0.15) is 0 Å². The molecular formula is C14H23N3O2S. The molecule has 1 aromatic carbocycles. The van der Waals surface area contributed by atoms with Crippen LogP contribution >= 0.6 is 0 Å². The van der Waals surface area contributed by atoms with Gasteiger partial charge in [-0.15, -0.1) is 0 Å². The highest BCUT2D eigenvalue weighted by atomic mass is 32.2. The number of aryl methyl sites for hydroxylation is 2. The molecule has 0 spiro atoms. The highest BCUT2D eigenvalue weighted by Gasteiger charge is 2.27. The Morgan fingerprint density at radius 2 is 1.75 bits per heavy atom. The number of benzene rings is 1. The molecule has 112 valence electrons. The number of sulfonamides is 1. The van der Waals surface area contributed by atoms with Crippen LogP contribution in [0.1, 0.15) is 17.5 Å². The second kappa shape index (κ2) is 5.71. The van der Waals surface area contributed by atoms with E-state index in [2.05, 4.69) is 4.90 Å². The maximum atomic E-state index is 12.8. The van der Waals surface area contributed by atoms with Crippen molar-refractivity contribution >= 4 is 15.7 Å². The first-order chi connectivity index (χ1) is 9.32.